The van der Waals surface area contributed by atoms with E-state index in [4.69, 9.17) is 0 Å². The number of hydrogen-bond donors (Lipinski definition) is 0. The van der Waals surface area contributed by atoms with Crippen LogP contribution in [0, 0.1) is 6.92 Å². The Hall–Kier alpha value is -0.780. The fourth-order valence-electron chi connectivity index (χ4n) is 2.85. The Labute approximate surface area is 120 Å². The van der Waals surface area contributed by atoms with Gasteiger partial charge >= 0.3 is 0 Å². The van der Waals surface area contributed by atoms with Crippen molar-refractivity contribution in [3.05, 3.63) is 34.4 Å². The van der Waals surface area contributed by atoms with Gasteiger partial charge in [-0.05, 0) is 53.2 Å². The highest BCUT2D eigenvalue weighted by Gasteiger charge is 2.34. The van der Waals surface area contributed by atoms with E-state index in [1.807, 2.05) is 0 Å². The van der Waals surface area contributed by atoms with E-state index in [9.17, 15) is 0 Å². The van der Waals surface area contributed by atoms with Crippen LogP contribution in [0.1, 0.15) is 90.0 Å². The Bertz CT molecular complexity index is 413. The van der Waals surface area contributed by atoms with Gasteiger partial charge in [0.25, 0.3) is 0 Å². The standard InChI is InChI=1S/C18H28.CH4/c1-12-10-14(17(2,3)4)16(13-8-9-13)15(11-12)18(5,6)7;/h10-11,13H,8-9H2,1-7H3;1H4. The van der Waals surface area contributed by atoms with E-state index in [0.717, 1.165) is 5.92 Å². The van der Waals surface area contributed by atoms with Crippen LogP contribution in [0.25, 0.3) is 0 Å². The van der Waals surface area contributed by atoms with Gasteiger partial charge in [0.2, 0.25) is 0 Å². The summed E-state index contributed by atoms with van der Waals surface area (Å²) in [5, 5.41) is 0. The molecule has 0 N–H and O–H groups in total. The zero-order valence-electron chi connectivity index (χ0n) is 13.1. The maximum atomic E-state index is 2.42. The van der Waals surface area contributed by atoms with Gasteiger partial charge in [-0.15, -0.1) is 0 Å². The summed E-state index contributed by atoms with van der Waals surface area (Å²) in [6, 6.07) is 4.84. The van der Waals surface area contributed by atoms with Gasteiger partial charge in [-0.2, -0.15) is 0 Å². The first-order valence-corrected chi connectivity index (χ1v) is 7.26. The van der Waals surface area contributed by atoms with Gasteiger partial charge in [-0.1, -0.05) is 66.7 Å². The minimum Gasteiger partial charge on any atom is -0.0776 e. The highest BCUT2D eigenvalue weighted by molar-refractivity contribution is 5.49. The van der Waals surface area contributed by atoms with Crippen LogP contribution in [0.2, 0.25) is 0 Å². The normalized spacial score (nSPS) is 16.2. The van der Waals surface area contributed by atoms with Crippen molar-refractivity contribution in [1.29, 1.82) is 0 Å². The number of hydrogen-bond acceptors (Lipinski definition) is 0. The third-order valence-corrected chi connectivity index (χ3v) is 3.93. The van der Waals surface area contributed by atoms with Crippen molar-refractivity contribution in [2.24, 2.45) is 0 Å². The van der Waals surface area contributed by atoms with E-state index >= 15 is 0 Å². The van der Waals surface area contributed by atoms with E-state index < -0.39 is 0 Å². The lowest BCUT2D eigenvalue weighted by Crippen LogP contribution is -2.21. The van der Waals surface area contributed by atoms with Gasteiger partial charge in [-0.3, -0.25) is 0 Å². The highest BCUT2D eigenvalue weighted by atomic mass is 14.4. The van der Waals surface area contributed by atoms with Gasteiger partial charge in [0.05, 0.1) is 0 Å². The van der Waals surface area contributed by atoms with Crippen LogP contribution in [0.3, 0.4) is 0 Å². The molecule has 1 aliphatic carbocycles. The summed E-state index contributed by atoms with van der Waals surface area (Å²) in [6.45, 7) is 16.3. The lowest BCUT2D eigenvalue weighted by Gasteiger charge is -2.31. The maximum absolute atomic E-state index is 2.42. The Morgan fingerprint density at radius 3 is 1.47 bits per heavy atom. The van der Waals surface area contributed by atoms with Crippen molar-refractivity contribution < 1.29 is 0 Å². The van der Waals surface area contributed by atoms with Crippen molar-refractivity contribution in [2.75, 3.05) is 0 Å². The fourth-order valence-corrected chi connectivity index (χ4v) is 2.85. The molecule has 0 heteroatoms. The third-order valence-electron chi connectivity index (χ3n) is 3.93. The van der Waals surface area contributed by atoms with Crippen LogP contribution in [-0.2, 0) is 10.8 Å². The quantitative estimate of drug-likeness (QED) is 0.572. The largest absolute Gasteiger partial charge is 0.0776 e. The second-order valence-corrected chi connectivity index (χ2v) is 8.05. The highest BCUT2D eigenvalue weighted by Crippen LogP contribution is 2.48. The molecule has 0 heterocycles. The van der Waals surface area contributed by atoms with E-state index in [1.54, 1.807) is 16.7 Å². The van der Waals surface area contributed by atoms with Crippen LogP contribution < -0.4 is 0 Å². The molecule has 1 aromatic rings. The molecule has 108 valence electrons. The first-order valence-electron chi connectivity index (χ1n) is 7.26. The second-order valence-electron chi connectivity index (χ2n) is 8.05. The SMILES string of the molecule is C.Cc1cc(C(C)(C)C)c(C2CC2)c(C(C)(C)C)c1. The van der Waals surface area contributed by atoms with Crippen molar-refractivity contribution in [3.63, 3.8) is 0 Å². The maximum Gasteiger partial charge on any atom is -0.0129 e. The number of rotatable bonds is 1. The summed E-state index contributed by atoms with van der Waals surface area (Å²) in [7, 11) is 0. The molecule has 0 saturated heterocycles. The molecule has 1 fully saturated rings. The van der Waals surface area contributed by atoms with Crippen molar-refractivity contribution >= 4 is 0 Å². The smallest absolute Gasteiger partial charge is 0.0129 e. The Balaban J connectivity index is 0.00000180. The molecule has 1 aliphatic rings. The molecule has 0 unspecified atom stereocenters. The van der Waals surface area contributed by atoms with Gasteiger partial charge in [0, 0.05) is 0 Å². The van der Waals surface area contributed by atoms with E-state index in [1.165, 1.54) is 18.4 Å². The number of aryl methyl sites for hydroxylation is 1. The molecule has 0 nitrogen and oxygen atoms in total. The number of benzene rings is 1. The molecule has 0 aromatic heterocycles. The molecular weight excluding hydrogens is 228 g/mol. The van der Waals surface area contributed by atoms with Gasteiger partial charge < -0.3 is 0 Å². The fraction of sp³-hybridized carbons (Fsp3) is 0.684. The Morgan fingerprint density at radius 2 is 1.21 bits per heavy atom. The molecule has 0 amide bonds. The average molecular weight is 260 g/mol. The minimum atomic E-state index is 0. The molecule has 0 spiro atoms. The van der Waals surface area contributed by atoms with Crippen LogP contribution in [0.4, 0.5) is 0 Å². The average Bonchev–Trinajstić information content (AvgIpc) is 2.96. The summed E-state index contributed by atoms with van der Waals surface area (Å²) in [5.74, 6) is 0.828. The molecule has 2 rings (SSSR count). The summed E-state index contributed by atoms with van der Waals surface area (Å²) < 4.78 is 0. The van der Waals surface area contributed by atoms with Crippen molar-refractivity contribution in [3.8, 4) is 0 Å². The zero-order valence-corrected chi connectivity index (χ0v) is 13.1. The summed E-state index contributed by atoms with van der Waals surface area (Å²) >= 11 is 0. The Kier molecular flexibility index (Phi) is 4.25. The van der Waals surface area contributed by atoms with E-state index in [2.05, 4.69) is 60.6 Å². The van der Waals surface area contributed by atoms with E-state index in [-0.39, 0.29) is 18.3 Å². The summed E-state index contributed by atoms with van der Waals surface area (Å²) in [4.78, 5) is 0. The monoisotopic (exact) mass is 260 g/mol. The Morgan fingerprint density at radius 1 is 0.842 bits per heavy atom. The molecule has 1 saturated carbocycles. The van der Waals surface area contributed by atoms with Crippen molar-refractivity contribution in [1.82, 2.24) is 0 Å². The zero-order chi connectivity index (χ0) is 13.7. The van der Waals surface area contributed by atoms with Crippen LogP contribution in [0.5, 0.6) is 0 Å². The minimum absolute atomic E-state index is 0. The lowest BCUT2D eigenvalue weighted by atomic mass is 9.74. The molecule has 1 aromatic carbocycles. The summed E-state index contributed by atoms with van der Waals surface area (Å²) in [5.41, 5.74) is 6.74. The predicted molar refractivity (Wildman–Crippen MR) is 87.3 cm³/mol. The van der Waals surface area contributed by atoms with E-state index in [0.29, 0.717) is 0 Å². The van der Waals surface area contributed by atoms with Crippen LogP contribution in [0.15, 0.2) is 12.1 Å². The molecule has 0 aliphatic heterocycles. The van der Waals surface area contributed by atoms with Gasteiger partial charge in [0.1, 0.15) is 0 Å². The molecule has 0 bridgehead atoms. The molecule has 0 atom stereocenters. The third kappa shape index (κ3) is 3.41. The molecule has 19 heavy (non-hydrogen) atoms. The predicted octanol–water partition coefficient (Wildman–Crippen LogP) is 6.10. The van der Waals surface area contributed by atoms with Gasteiger partial charge in [0.15, 0.2) is 0 Å². The first-order chi connectivity index (χ1) is 8.10. The summed E-state index contributed by atoms with van der Waals surface area (Å²) in [6.07, 6.45) is 2.77. The van der Waals surface area contributed by atoms with Crippen LogP contribution >= 0.6 is 0 Å². The van der Waals surface area contributed by atoms with Crippen molar-refractivity contribution in [2.45, 2.75) is 85.5 Å². The topological polar surface area (TPSA) is 0 Å². The first kappa shape index (κ1) is 16.3. The molecule has 0 radical (unpaired) electrons. The van der Waals surface area contributed by atoms with Gasteiger partial charge in [-0.25, -0.2) is 0 Å². The second kappa shape index (κ2) is 4.96. The lowest BCUT2D eigenvalue weighted by molar-refractivity contribution is 0.554. The molecular formula is C19H32. The van der Waals surface area contributed by atoms with Crippen LogP contribution in [-0.4, -0.2) is 0 Å².